The Labute approximate surface area is 163 Å². The molecule has 1 aliphatic rings. The van der Waals surface area contributed by atoms with Crippen molar-refractivity contribution in [3.63, 3.8) is 0 Å². The summed E-state index contributed by atoms with van der Waals surface area (Å²) in [6.07, 6.45) is 0.831. The number of amides is 1. The molecule has 1 amide bonds. The summed E-state index contributed by atoms with van der Waals surface area (Å²) in [7, 11) is 0. The molecule has 0 aliphatic carbocycles. The van der Waals surface area contributed by atoms with Gasteiger partial charge in [0.05, 0.1) is 16.4 Å². The van der Waals surface area contributed by atoms with E-state index in [4.69, 9.17) is 9.72 Å². The van der Waals surface area contributed by atoms with Gasteiger partial charge in [-0.1, -0.05) is 44.2 Å². The Hall–Kier alpha value is -2.66. The minimum atomic E-state index is 0.0106. The summed E-state index contributed by atoms with van der Waals surface area (Å²) in [5, 5.41) is 3.17. The third-order valence-electron chi connectivity index (χ3n) is 4.50. The lowest BCUT2D eigenvalue weighted by molar-refractivity contribution is -0.121. The van der Waals surface area contributed by atoms with Gasteiger partial charge in [-0.15, -0.1) is 11.3 Å². The zero-order chi connectivity index (χ0) is 18.8. The third-order valence-corrected chi connectivity index (χ3v) is 5.34. The summed E-state index contributed by atoms with van der Waals surface area (Å²) in [5.74, 6) is 1.16. The number of anilines is 1. The van der Waals surface area contributed by atoms with Crippen LogP contribution >= 0.6 is 11.3 Å². The third kappa shape index (κ3) is 3.88. The van der Waals surface area contributed by atoms with Gasteiger partial charge in [0.2, 0.25) is 0 Å². The first-order chi connectivity index (χ1) is 13.1. The van der Waals surface area contributed by atoms with Crippen LogP contribution < -0.4 is 9.64 Å². The standard InChI is InChI=1S/C22H22N2O2S/c1-15(2)12-24-19-11-17(8-9-20(19)26-13-22(24)25)18-14-27-21(23-18)10-16-6-4-3-5-7-16/h3-9,11,14-15H,10,12-13H2,1-2H3. The van der Waals surface area contributed by atoms with Crippen molar-refractivity contribution in [3.8, 4) is 17.0 Å². The smallest absolute Gasteiger partial charge is 0.265 e. The second kappa shape index (κ2) is 7.53. The van der Waals surface area contributed by atoms with E-state index in [1.165, 1.54) is 5.56 Å². The van der Waals surface area contributed by atoms with Crippen LogP contribution in [0.4, 0.5) is 5.69 Å². The number of hydrogen-bond donors (Lipinski definition) is 0. The first kappa shape index (κ1) is 17.7. The van der Waals surface area contributed by atoms with Crippen LogP contribution in [0.5, 0.6) is 5.75 Å². The molecule has 4 nitrogen and oxygen atoms in total. The summed E-state index contributed by atoms with van der Waals surface area (Å²) in [4.78, 5) is 19.0. The maximum atomic E-state index is 12.3. The van der Waals surface area contributed by atoms with Gasteiger partial charge in [0.15, 0.2) is 6.61 Å². The van der Waals surface area contributed by atoms with Crippen LogP contribution in [0, 0.1) is 5.92 Å². The molecular weight excluding hydrogens is 356 g/mol. The van der Waals surface area contributed by atoms with E-state index in [0.717, 1.165) is 34.1 Å². The van der Waals surface area contributed by atoms with Gasteiger partial charge in [-0.05, 0) is 29.7 Å². The van der Waals surface area contributed by atoms with Crippen LogP contribution in [-0.2, 0) is 11.2 Å². The van der Waals surface area contributed by atoms with Crippen molar-refractivity contribution in [3.05, 3.63) is 64.5 Å². The maximum Gasteiger partial charge on any atom is 0.265 e. The van der Waals surface area contributed by atoms with Crippen molar-refractivity contribution in [2.24, 2.45) is 5.92 Å². The van der Waals surface area contributed by atoms with Crippen molar-refractivity contribution in [2.75, 3.05) is 18.1 Å². The second-order valence-electron chi connectivity index (χ2n) is 7.16. The van der Waals surface area contributed by atoms with Gasteiger partial charge < -0.3 is 9.64 Å². The van der Waals surface area contributed by atoms with Gasteiger partial charge >= 0.3 is 0 Å². The Balaban J connectivity index is 1.62. The number of ether oxygens (including phenoxy) is 1. The average Bonchev–Trinajstić information content (AvgIpc) is 3.13. The van der Waals surface area contributed by atoms with E-state index >= 15 is 0 Å². The van der Waals surface area contributed by atoms with E-state index in [2.05, 4.69) is 31.4 Å². The van der Waals surface area contributed by atoms with E-state index < -0.39 is 0 Å². The van der Waals surface area contributed by atoms with E-state index in [1.54, 1.807) is 11.3 Å². The number of benzene rings is 2. The van der Waals surface area contributed by atoms with E-state index in [-0.39, 0.29) is 12.5 Å². The predicted molar refractivity (Wildman–Crippen MR) is 109 cm³/mol. The second-order valence-corrected chi connectivity index (χ2v) is 8.10. The zero-order valence-corrected chi connectivity index (χ0v) is 16.3. The van der Waals surface area contributed by atoms with Gasteiger partial charge in [-0.2, -0.15) is 0 Å². The molecule has 0 atom stereocenters. The van der Waals surface area contributed by atoms with Crippen LogP contribution in [0.15, 0.2) is 53.9 Å². The summed E-state index contributed by atoms with van der Waals surface area (Å²) in [5.41, 5.74) is 4.05. The molecule has 0 radical (unpaired) electrons. The Kier molecular flexibility index (Phi) is 4.94. The van der Waals surface area contributed by atoms with E-state index in [9.17, 15) is 4.79 Å². The highest BCUT2D eigenvalue weighted by Crippen LogP contribution is 2.36. The summed E-state index contributed by atoms with van der Waals surface area (Å²) < 4.78 is 5.61. The molecule has 3 aromatic rings. The number of fused-ring (bicyclic) bond motifs is 1. The predicted octanol–water partition coefficient (Wildman–Crippen LogP) is 4.78. The van der Waals surface area contributed by atoms with Crippen LogP contribution in [0.1, 0.15) is 24.4 Å². The molecule has 0 bridgehead atoms. The number of hydrogen-bond acceptors (Lipinski definition) is 4. The first-order valence-corrected chi connectivity index (χ1v) is 10.0. The van der Waals surface area contributed by atoms with Crippen molar-refractivity contribution in [1.29, 1.82) is 0 Å². The highest BCUT2D eigenvalue weighted by Gasteiger charge is 2.26. The fraction of sp³-hybridized carbons (Fsp3) is 0.273. The van der Waals surface area contributed by atoms with Crippen LogP contribution in [0.25, 0.3) is 11.3 Å². The van der Waals surface area contributed by atoms with Crippen molar-refractivity contribution < 1.29 is 9.53 Å². The number of thiazole rings is 1. The number of aromatic nitrogens is 1. The van der Waals surface area contributed by atoms with Gasteiger partial charge in [0.1, 0.15) is 5.75 Å². The molecule has 138 valence electrons. The van der Waals surface area contributed by atoms with Gasteiger partial charge in [0.25, 0.3) is 5.91 Å². The fourth-order valence-electron chi connectivity index (χ4n) is 3.22. The SMILES string of the molecule is CC(C)CN1C(=O)COc2ccc(-c3csc(Cc4ccccc4)n3)cc21. The lowest BCUT2D eigenvalue weighted by Gasteiger charge is -2.31. The van der Waals surface area contributed by atoms with E-state index in [1.807, 2.05) is 41.3 Å². The van der Waals surface area contributed by atoms with Crippen LogP contribution in [0.2, 0.25) is 0 Å². The molecule has 4 rings (SSSR count). The average molecular weight is 378 g/mol. The monoisotopic (exact) mass is 378 g/mol. The molecule has 0 saturated heterocycles. The molecule has 0 unspecified atom stereocenters. The zero-order valence-electron chi connectivity index (χ0n) is 15.5. The minimum Gasteiger partial charge on any atom is -0.482 e. The number of carbonyl (C=O) groups excluding carboxylic acids is 1. The van der Waals surface area contributed by atoms with E-state index in [0.29, 0.717) is 12.5 Å². The molecule has 0 spiro atoms. The Morgan fingerprint density at radius 1 is 1.19 bits per heavy atom. The normalized spacial score (nSPS) is 13.6. The minimum absolute atomic E-state index is 0.0106. The number of nitrogens with zero attached hydrogens (tertiary/aromatic N) is 2. The Morgan fingerprint density at radius 2 is 2.00 bits per heavy atom. The molecule has 1 aliphatic heterocycles. The highest BCUT2D eigenvalue weighted by atomic mass is 32.1. The summed E-state index contributed by atoms with van der Waals surface area (Å²) in [6.45, 7) is 5.02. The summed E-state index contributed by atoms with van der Waals surface area (Å²) in [6, 6.07) is 16.3. The molecule has 0 fully saturated rings. The molecule has 0 N–H and O–H groups in total. The first-order valence-electron chi connectivity index (χ1n) is 9.16. The number of carbonyl (C=O) groups is 1. The number of rotatable bonds is 5. The lowest BCUT2D eigenvalue weighted by Crippen LogP contribution is -2.40. The molecule has 5 heteroatoms. The molecule has 2 aromatic carbocycles. The molecule has 1 aromatic heterocycles. The van der Waals surface area contributed by atoms with Gasteiger partial charge in [-0.25, -0.2) is 4.98 Å². The topological polar surface area (TPSA) is 42.4 Å². The lowest BCUT2D eigenvalue weighted by atomic mass is 10.1. The van der Waals surface area contributed by atoms with Gasteiger partial charge in [0, 0.05) is 23.9 Å². The summed E-state index contributed by atoms with van der Waals surface area (Å²) >= 11 is 1.67. The molecular formula is C22H22N2O2S. The van der Waals surface area contributed by atoms with Crippen molar-refractivity contribution >= 4 is 22.9 Å². The van der Waals surface area contributed by atoms with Crippen LogP contribution in [0.3, 0.4) is 0 Å². The molecule has 0 saturated carbocycles. The largest absolute Gasteiger partial charge is 0.482 e. The molecule has 2 heterocycles. The molecule has 27 heavy (non-hydrogen) atoms. The van der Waals surface area contributed by atoms with Crippen LogP contribution in [-0.4, -0.2) is 24.0 Å². The van der Waals surface area contributed by atoms with Crippen molar-refractivity contribution in [1.82, 2.24) is 4.98 Å². The van der Waals surface area contributed by atoms with Crippen molar-refractivity contribution in [2.45, 2.75) is 20.3 Å². The maximum absolute atomic E-state index is 12.3. The highest BCUT2D eigenvalue weighted by molar-refractivity contribution is 7.10. The quantitative estimate of drug-likeness (QED) is 0.641. The fourth-order valence-corrected chi connectivity index (χ4v) is 4.06. The Bertz CT molecular complexity index is 950. The van der Waals surface area contributed by atoms with Gasteiger partial charge in [-0.3, -0.25) is 4.79 Å². The Morgan fingerprint density at radius 3 is 2.78 bits per heavy atom.